The zero-order valence-corrected chi connectivity index (χ0v) is 14.6. The van der Waals surface area contributed by atoms with Crippen molar-refractivity contribution in [3.8, 4) is 0 Å². The molecule has 0 saturated heterocycles. The molecular weight excluding hydrogens is 331 g/mol. The van der Waals surface area contributed by atoms with Crippen LogP contribution in [0, 0.1) is 5.82 Å². The summed E-state index contributed by atoms with van der Waals surface area (Å²) in [5.74, 6) is -0.155. The van der Waals surface area contributed by atoms with Gasteiger partial charge in [0.15, 0.2) is 5.16 Å². The Labute approximate surface area is 144 Å². The number of ether oxygens (including phenoxy) is 1. The first-order valence-electron chi connectivity index (χ1n) is 7.64. The summed E-state index contributed by atoms with van der Waals surface area (Å²) in [5.41, 5.74) is 0.859. The van der Waals surface area contributed by atoms with E-state index in [1.807, 2.05) is 11.5 Å². The number of hydrogen-bond acceptors (Lipinski definition) is 5. The first-order chi connectivity index (χ1) is 11.6. The number of amides is 1. The SMILES string of the molecule is COCCCn1cnnc1SCC(=O)N[C@H](C)c1ccc(F)cc1. The van der Waals surface area contributed by atoms with Gasteiger partial charge in [-0.1, -0.05) is 23.9 Å². The van der Waals surface area contributed by atoms with E-state index in [9.17, 15) is 9.18 Å². The fraction of sp³-hybridized carbons (Fsp3) is 0.438. The Morgan fingerprint density at radius 1 is 1.42 bits per heavy atom. The second-order valence-corrected chi connectivity index (χ2v) is 6.23. The number of halogens is 1. The molecule has 1 N–H and O–H groups in total. The first-order valence-corrected chi connectivity index (χ1v) is 8.63. The van der Waals surface area contributed by atoms with Crippen molar-refractivity contribution in [2.24, 2.45) is 0 Å². The number of hydrogen-bond donors (Lipinski definition) is 1. The summed E-state index contributed by atoms with van der Waals surface area (Å²) in [6.45, 7) is 3.28. The molecule has 1 heterocycles. The van der Waals surface area contributed by atoms with Gasteiger partial charge in [-0.3, -0.25) is 4.79 Å². The molecule has 130 valence electrons. The van der Waals surface area contributed by atoms with Gasteiger partial charge in [0.05, 0.1) is 11.8 Å². The maximum Gasteiger partial charge on any atom is 0.230 e. The van der Waals surface area contributed by atoms with Crippen LogP contribution in [0.25, 0.3) is 0 Å². The normalized spacial score (nSPS) is 12.1. The fourth-order valence-electron chi connectivity index (χ4n) is 2.14. The summed E-state index contributed by atoms with van der Waals surface area (Å²) in [6.07, 6.45) is 2.51. The monoisotopic (exact) mass is 352 g/mol. The summed E-state index contributed by atoms with van der Waals surface area (Å²) < 4.78 is 19.9. The van der Waals surface area contributed by atoms with Crippen molar-refractivity contribution in [3.63, 3.8) is 0 Å². The molecule has 0 aliphatic carbocycles. The van der Waals surface area contributed by atoms with Gasteiger partial charge >= 0.3 is 0 Å². The van der Waals surface area contributed by atoms with E-state index in [1.54, 1.807) is 25.6 Å². The molecule has 2 aromatic rings. The van der Waals surface area contributed by atoms with Gasteiger partial charge < -0.3 is 14.6 Å². The van der Waals surface area contributed by atoms with Crippen LogP contribution in [0.15, 0.2) is 35.7 Å². The number of carbonyl (C=O) groups is 1. The lowest BCUT2D eigenvalue weighted by molar-refractivity contribution is -0.119. The van der Waals surface area contributed by atoms with Crippen LogP contribution in [-0.2, 0) is 16.1 Å². The minimum atomic E-state index is -0.291. The zero-order chi connectivity index (χ0) is 17.4. The second-order valence-electron chi connectivity index (χ2n) is 5.28. The Balaban J connectivity index is 1.80. The van der Waals surface area contributed by atoms with Gasteiger partial charge in [0.1, 0.15) is 12.1 Å². The summed E-state index contributed by atoms with van der Waals surface area (Å²) in [5, 5.41) is 11.5. The molecule has 0 aliphatic heterocycles. The van der Waals surface area contributed by atoms with E-state index >= 15 is 0 Å². The van der Waals surface area contributed by atoms with Crippen molar-refractivity contribution in [2.45, 2.75) is 31.1 Å². The largest absolute Gasteiger partial charge is 0.385 e. The van der Waals surface area contributed by atoms with Crippen LogP contribution in [0.2, 0.25) is 0 Å². The molecule has 6 nitrogen and oxygen atoms in total. The van der Waals surface area contributed by atoms with Gasteiger partial charge in [-0.05, 0) is 31.0 Å². The van der Waals surface area contributed by atoms with E-state index in [2.05, 4.69) is 15.5 Å². The van der Waals surface area contributed by atoms with Crippen LogP contribution in [0.5, 0.6) is 0 Å². The molecule has 1 amide bonds. The molecule has 8 heteroatoms. The third-order valence-corrected chi connectivity index (χ3v) is 4.39. The Bertz CT molecular complexity index is 648. The summed E-state index contributed by atoms with van der Waals surface area (Å²) in [7, 11) is 1.66. The highest BCUT2D eigenvalue weighted by molar-refractivity contribution is 7.99. The molecule has 2 rings (SSSR count). The van der Waals surface area contributed by atoms with Gasteiger partial charge in [-0.25, -0.2) is 4.39 Å². The van der Waals surface area contributed by atoms with E-state index in [1.165, 1.54) is 23.9 Å². The Morgan fingerprint density at radius 2 is 2.17 bits per heavy atom. The molecule has 0 spiro atoms. The highest BCUT2D eigenvalue weighted by Gasteiger charge is 2.12. The average Bonchev–Trinajstić information content (AvgIpc) is 3.01. The van der Waals surface area contributed by atoms with Gasteiger partial charge in [-0.15, -0.1) is 10.2 Å². The van der Waals surface area contributed by atoms with Crippen molar-refractivity contribution < 1.29 is 13.9 Å². The quantitative estimate of drug-likeness (QED) is 0.554. The van der Waals surface area contributed by atoms with E-state index in [-0.39, 0.29) is 23.5 Å². The van der Waals surface area contributed by atoms with Crippen LogP contribution in [-0.4, -0.2) is 40.1 Å². The molecular formula is C16H21FN4O2S. The molecule has 0 bridgehead atoms. The van der Waals surface area contributed by atoms with Crippen molar-refractivity contribution >= 4 is 17.7 Å². The van der Waals surface area contributed by atoms with Crippen LogP contribution in [0.3, 0.4) is 0 Å². The van der Waals surface area contributed by atoms with Crippen molar-refractivity contribution in [1.82, 2.24) is 20.1 Å². The van der Waals surface area contributed by atoms with Crippen LogP contribution in [0.4, 0.5) is 4.39 Å². The molecule has 1 aromatic carbocycles. The van der Waals surface area contributed by atoms with Crippen LogP contribution >= 0.6 is 11.8 Å². The minimum absolute atomic E-state index is 0.108. The highest BCUT2D eigenvalue weighted by Crippen LogP contribution is 2.17. The predicted molar refractivity (Wildman–Crippen MR) is 90.2 cm³/mol. The third kappa shape index (κ3) is 5.61. The number of rotatable bonds is 9. The van der Waals surface area contributed by atoms with E-state index in [4.69, 9.17) is 4.74 Å². The lowest BCUT2D eigenvalue weighted by Crippen LogP contribution is -2.28. The lowest BCUT2D eigenvalue weighted by atomic mass is 10.1. The van der Waals surface area contributed by atoms with Gasteiger partial charge in [-0.2, -0.15) is 0 Å². The van der Waals surface area contributed by atoms with Crippen molar-refractivity contribution in [1.29, 1.82) is 0 Å². The number of thioether (sulfide) groups is 1. The van der Waals surface area contributed by atoms with E-state index in [0.29, 0.717) is 11.8 Å². The van der Waals surface area contributed by atoms with Crippen LogP contribution < -0.4 is 5.32 Å². The maximum absolute atomic E-state index is 12.9. The minimum Gasteiger partial charge on any atom is -0.385 e. The number of carbonyl (C=O) groups excluding carboxylic acids is 1. The number of aryl methyl sites for hydroxylation is 1. The topological polar surface area (TPSA) is 69.0 Å². The number of nitrogens with one attached hydrogen (secondary N) is 1. The molecule has 0 unspecified atom stereocenters. The molecule has 0 aliphatic rings. The van der Waals surface area contributed by atoms with Gasteiger partial charge in [0.25, 0.3) is 0 Å². The molecule has 0 fully saturated rings. The number of benzene rings is 1. The Morgan fingerprint density at radius 3 is 2.88 bits per heavy atom. The fourth-order valence-corrected chi connectivity index (χ4v) is 2.89. The second kappa shape index (κ2) is 9.39. The molecule has 0 radical (unpaired) electrons. The molecule has 1 atom stereocenters. The highest BCUT2D eigenvalue weighted by atomic mass is 32.2. The number of aromatic nitrogens is 3. The summed E-state index contributed by atoms with van der Waals surface area (Å²) >= 11 is 1.34. The van der Waals surface area contributed by atoms with E-state index < -0.39 is 0 Å². The van der Waals surface area contributed by atoms with Gasteiger partial charge in [0.2, 0.25) is 5.91 Å². The Kier molecular flexibility index (Phi) is 7.20. The average molecular weight is 352 g/mol. The molecule has 0 saturated carbocycles. The first kappa shape index (κ1) is 18.4. The van der Waals surface area contributed by atoms with Gasteiger partial charge in [0, 0.05) is 20.3 Å². The standard InChI is InChI=1S/C16H21FN4O2S/c1-12(13-4-6-14(17)7-5-13)19-15(22)10-24-16-20-18-11-21(16)8-3-9-23-2/h4-7,11-12H,3,8-10H2,1-2H3,(H,19,22)/t12-/m1/s1. The molecule has 1 aromatic heterocycles. The van der Waals surface area contributed by atoms with Crippen molar-refractivity contribution in [3.05, 3.63) is 42.0 Å². The summed E-state index contributed by atoms with van der Waals surface area (Å²) in [4.78, 5) is 12.1. The van der Waals surface area contributed by atoms with E-state index in [0.717, 1.165) is 18.5 Å². The lowest BCUT2D eigenvalue weighted by Gasteiger charge is -2.14. The molecule has 24 heavy (non-hydrogen) atoms. The number of methoxy groups -OCH3 is 1. The number of nitrogens with zero attached hydrogens (tertiary/aromatic N) is 3. The zero-order valence-electron chi connectivity index (χ0n) is 13.7. The smallest absolute Gasteiger partial charge is 0.230 e. The summed E-state index contributed by atoms with van der Waals surface area (Å²) in [6, 6.07) is 5.92. The van der Waals surface area contributed by atoms with Crippen molar-refractivity contribution in [2.75, 3.05) is 19.5 Å². The van der Waals surface area contributed by atoms with Crippen LogP contribution in [0.1, 0.15) is 24.9 Å². The predicted octanol–water partition coefficient (Wildman–Crippen LogP) is 2.42. The Hall–Kier alpha value is -1.93. The third-order valence-electron chi connectivity index (χ3n) is 3.41. The maximum atomic E-state index is 12.9.